The number of amides is 1. The lowest BCUT2D eigenvalue weighted by Gasteiger charge is -2.11. The molecule has 0 saturated heterocycles. The molecule has 0 aliphatic carbocycles. The van der Waals surface area contributed by atoms with Crippen molar-refractivity contribution < 1.29 is 32.6 Å². The number of aromatic nitrogens is 1. The van der Waals surface area contributed by atoms with Crippen LogP contribution in [0.5, 0.6) is 5.88 Å². The summed E-state index contributed by atoms with van der Waals surface area (Å²) in [6, 6.07) is 2.69. The van der Waals surface area contributed by atoms with E-state index in [2.05, 4.69) is 15.0 Å². The number of thioether (sulfide) groups is 1. The number of nitrogens with zero attached hydrogens (tertiary/aromatic N) is 1. The summed E-state index contributed by atoms with van der Waals surface area (Å²) in [6.07, 6.45) is -3.32. The van der Waals surface area contributed by atoms with E-state index < -0.39 is 30.5 Å². The van der Waals surface area contributed by atoms with Crippen LogP contribution >= 0.6 is 11.8 Å². The van der Waals surface area contributed by atoms with Gasteiger partial charge in [0.15, 0.2) is 6.61 Å². The molecule has 1 rings (SSSR count). The van der Waals surface area contributed by atoms with E-state index in [0.717, 1.165) is 11.8 Å². The Morgan fingerprint density at radius 1 is 1.41 bits per heavy atom. The number of aliphatic carboxylic acids is 1. The second-order valence-corrected chi connectivity index (χ2v) is 5.07. The van der Waals surface area contributed by atoms with Crippen LogP contribution in [0.3, 0.4) is 0 Å². The third-order valence-electron chi connectivity index (χ3n) is 2.15. The minimum Gasteiger partial charge on any atom is -0.481 e. The highest BCUT2D eigenvalue weighted by Crippen LogP contribution is 2.19. The van der Waals surface area contributed by atoms with E-state index >= 15 is 0 Å². The highest BCUT2D eigenvalue weighted by molar-refractivity contribution is 7.99. The van der Waals surface area contributed by atoms with Crippen LogP contribution in [0, 0.1) is 0 Å². The second-order valence-electron chi connectivity index (χ2n) is 3.96. The standard InChI is InChI=1S/C12H13F3N2O4S/c13-12(14,15)7-21-11-8(2-1-3-17-11)10(20)16-4-5-22-6-9(18)19/h1-3H,4-7H2,(H,16,20)(H,18,19). The Kier molecular flexibility index (Phi) is 6.96. The molecule has 1 aromatic heterocycles. The fourth-order valence-electron chi connectivity index (χ4n) is 1.32. The van der Waals surface area contributed by atoms with Gasteiger partial charge in [-0.1, -0.05) is 0 Å². The molecule has 0 aliphatic heterocycles. The zero-order chi connectivity index (χ0) is 16.6. The number of pyridine rings is 1. The van der Waals surface area contributed by atoms with E-state index in [-0.39, 0.29) is 17.9 Å². The minimum absolute atomic E-state index is 0.0945. The van der Waals surface area contributed by atoms with Gasteiger partial charge in [0.25, 0.3) is 5.91 Å². The molecule has 2 N–H and O–H groups in total. The van der Waals surface area contributed by atoms with Crippen molar-refractivity contribution in [1.29, 1.82) is 0 Å². The molecule has 122 valence electrons. The number of nitrogens with one attached hydrogen (secondary N) is 1. The molecule has 0 unspecified atom stereocenters. The molecule has 0 bridgehead atoms. The number of carbonyl (C=O) groups excluding carboxylic acids is 1. The molecule has 0 aromatic carbocycles. The average molecular weight is 338 g/mol. The van der Waals surface area contributed by atoms with Crippen molar-refractivity contribution >= 4 is 23.6 Å². The molecule has 1 aromatic rings. The van der Waals surface area contributed by atoms with Gasteiger partial charge in [0.1, 0.15) is 5.56 Å². The number of hydrogen-bond donors (Lipinski definition) is 2. The first-order chi connectivity index (χ1) is 10.3. The Balaban J connectivity index is 2.52. The maximum absolute atomic E-state index is 12.1. The summed E-state index contributed by atoms with van der Waals surface area (Å²) in [4.78, 5) is 25.7. The average Bonchev–Trinajstić information content (AvgIpc) is 2.43. The Hall–Kier alpha value is -1.97. The second kappa shape index (κ2) is 8.47. The molecule has 0 aliphatic rings. The minimum atomic E-state index is -4.53. The van der Waals surface area contributed by atoms with Crippen LogP contribution in [0.1, 0.15) is 10.4 Å². The van der Waals surface area contributed by atoms with Crippen molar-refractivity contribution in [2.45, 2.75) is 6.18 Å². The Morgan fingerprint density at radius 3 is 2.77 bits per heavy atom. The number of ether oxygens (including phenoxy) is 1. The maximum atomic E-state index is 12.1. The summed E-state index contributed by atoms with van der Waals surface area (Å²) in [6.45, 7) is -1.37. The summed E-state index contributed by atoms with van der Waals surface area (Å²) in [7, 11) is 0. The molecule has 0 saturated carbocycles. The van der Waals surface area contributed by atoms with Gasteiger partial charge < -0.3 is 15.2 Å². The van der Waals surface area contributed by atoms with Crippen molar-refractivity contribution in [1.82, 2.24) is 10.3 Å². The third-order valence-corrected chi connectivity index (χ3v) is 3.09. The molecule has 1 amide bonds. The van der Waals surface area contributed by atoms with Crippen molar-refractivity contribution in [3.63, 3.8) is 0 Å². The Labute approximate surface area is 128 Å². The SMILES string of the molecule is O=C(O)CSCCNC(=O)c1cccnc1OCC(F)(F)F. The largest absolute Gasteiger partial charge is 0.481 e. The third kappa shape index (κ3) is 7.16. The molecule has 0 atom stereocenters. The number of carboxylic acid groups (broad SMARTS) is 1. The highest BCUT2D eigenvalue weighted by atomic mass is 32.2. The maximum Gasteiger partial charge on any atom is 0.422 e. The first-order valence-corrected chi connectivity index (χ1v) is 7.17. The van der Waals surface area contributed by atoms with Gasteiger partial charge in [0.2, 0.25) is 5.88 Å². The van der Waals surface area contributed by atoms with Crippen molar-refractivity contribution in [3.8, 4) is 5.88 Å². The van der Waals surface area contributed by atoms with E-state index in [9.17, 15) is 22.8 Å². The van der Waals surface area contributed by atoms with E-state index in [1.165, 1.54) is 18.3 Å². The summed E-state index contributed by atoms with van der Waals surface area (Å²) >= 11 is 1.11. The number of rotatable bonds is 8. The Morgan fingerprint density at radius 2 is 2.14 bits per heavy atom. The zero-order valence-electron chi connectivity index (χ0n) is 11.2. The van der Waals surface area contributed by atoms with E-state index in [1.54, 1.807) is 0 Å². The molecule has 0 spiro atoms. The number of carboxylic acids is 1. The van der Waals surface area contributed by atoms with Crippen LogP contribution in [0.15, 0.2) is 18.3 Å². The van der Waals surface area contributed by atoms with Crippen molar-refractivity contribution in [3.05, 3.63) is 23.9 Å². The van der Waals surface area contributed by atoms with Crippen molar-refractivity contribution in [2.24, 2.45) is 0 Å². The van der Waals surface area contributed by atoms with Gasteiger partial charge in [0.05, 0.1) is 5.75 Å². The number of alkyl halides is 3. The summed E-state index contributed by atoms with van der Waals surface area (Å²) < 4.78 is 40.9. The lowest BCUT2D eigenvalue weighted by Crippen LogP contribution is -2.27. The first-order valence-electron chi connectivity index (χ1n) is 6.02. The monoisotopic (exact) mass is 338 g/mol. The Bertz CT molecular complexity index is 525. The summed E-state index contributed by atoms with van der Waals surface area (Å²) in [5, 5.41) is 10.9. The van der Waals surface area contributed by atoms with Gasteiger partial charge in [-0.3, -0.25) is 9.59 Å². The molecule has 10 heteroatoms. The van der Waals surface area contributed by atoms with Crippen LogP contribution in [-0.4, -0.2) is 52.8 Å². The molecular weight excluding hydrogens is 325 g/mol. The van der Waals surface area contributed by atoms with E-state index in [0.29, 0.717) is 5.75 Å². The highest BCUT2D eigenvalue weighted by Gasteiger charge is 2.29. The van der Waals surface area contributed by atoms with Gasteiger partial charge in [-0.05, 0) is 12.1 Å². The van der Waals surface area contributed by atoms with E-state index in [4.69, 9.17) is 5.11 Å². The van der Waals surface area contributed by atoms with Gasteiger partial charge in [-0.2, -0.15) is 13.2 Å². The fourth-order valence-corrected chi connectivity index (χ4v) is 1.89. The number of halogens is 3. The lowest BCUT2D eigenvalue weighted by molar-refractivity contribution is -0.154. The molecule has 6 nitrogen and oxygen atoms in total. The molecule has 22 heavy (non-hydrogen) atoms. The molecule has 1 heterocycles. The smallest absolute Gasteiger partial charge is 0.422 e. The van der Waals surface area contributed by atoms with Crippen LogP contribution < -0.4 is 10.1 Å². The van der Waals surface area contributed by atoms with Gasteiger partial charge in [-0.15, -0.1) is 11.8 Å². The summed E-state index contributed by atoms with van der Waals surface area (Å²) in [5.74, 6) is -1.75. The van der Waals surface area contributed by atoms with Crippen LogP contribution in [0.4, 0.5) is 13.2 Å². The summed E-state index contributed by atoms with van der Waals surface area (Å²) in [5.41, 5.74) is -0.116. The normalized spacial score (nSPS) is 11.0. The topological polar surface area (TPSA) is 88.5 Å². The van der Waals surface area contributed by atoms with Gasteiger partial charge in [-0.25, -0.2) is 4.98 Å². The van der Waals surface area contributed by atoms with Crippen LogP contribution in [0.25, 0.3) is 0 Å². The molecule has 0 radical (unpaired) electrons. The predicted octanol–water partition coefficient (Wildman–Crippen LogP) is 1.57. The van der Waals surface area contributed by atoms with Gasteiger partial charge in [0, 0.05) is 18.5 Å². The zero-order valence-corrected chi connectivity index (χ0v) is 12.0. The molecule has 0 fully saturated rings. The van der Waals surface area contributed by atoms with Crippen LogP contribution in [-0.2, 0) is 4.79 Å². The number of carbonyl (C=O) groups is 2. The molecular formula is C12H13F3N2O4S. The number of hydrogen-bond acceptors (Lipinski definition) is 5. The quantitative estimate of drug-likeness (QED) is 0.700. The first kappa shape index (κ1) is 18.1. The fraction of sp³-hybridized carbons (Fsp3) is 0.417. The lowest BCUT2D eigenvalue weighted by atomic mass is 10.2. The van der Waals surface area contributed by atoms with Crippen LogP contribution in [0.2, 0.25) is 0 Å². The van der Waals surface area contributed by atoms with Gasteiger partial charge >= 0.3 is 12.1 Å². The van der Waals surface area contributed by atoms with Crippen molar-refractivity contribution in [2.75, 3.05) is 24.7 Å². The van der Waals surface area contributed by atoms with E-state index in [1.807, 2.05) is 0 Å². The predicted molar refractivity (Wildman–Crippen MR) is 73.1 cm³/mol.